The van der Waals surface area contributed by atoms with Crippen LogP contribution in [-0.4, -0.2) is 16.2 Å². The Kier molecular flexibility index (Phi) is 3.62. The highest BCUT2D eigenvalue weighted by Gasteiger charge is 2.10. The van der Waals surface area contributed by atoms with E-state index in [-0.39, 0.29) is 0 Å². The van der Waals surface area contributed by atoms with E-state index < -0.39 is 0 Å². The summed E-state index contributed by atoms with van der Waals surface area (Å²) >= 11 is 5.09. The van der Waals surface area contributed by atoms with Crippen molar-refractivity contribution >= 4 is 75.9 Å². The van der Waals surface area contributed by atoms with Gasteiger partial charge in [0.15, 0.2) is 10.3 Å². The van der Waals surface area contributed by atoms with Crippen molar-refractivity contribution in [2.75, 3.05) is 11.6 Å². The summed E-state index contributed by atoms with van der Waals surface area (Å²) in [6.45, 7) is 0. The fourth-order valence-electron chi connectivity index (χ4n) is 2.89. The minimum absolute atomic E-state index is 0.885. The van der Waals surface area contributed by atoms with Gasteiger partial charge in [0.25, 0.3) is 0 Å². The fraction of sp³-hybridized carbons (Fsp3) is 0.0526. The van der Waals surface area contributed by atoms with E-state index in [9.17, 15) is 0 Å². The van der Waals surface area contributed by atoms with Crippen molar-refractivity contribution in [3.63, 3.8) is 0 Å². The van der Waals surface area contributed by atoms with Gasteiger partial charge >= 0.3 is 0 Å². The summed E-state index contributed by atoms with van der Waals surface area (Å²) in [6, 6.07) is 19.0. The summed E-state index contributed by atoms with van der Waals surface area (Å²) in [5, 5.41) is 7.66. The lowest BCUT2D eigenvalue weighted by Gasteiger charge is -1.96. The number of thiazole rings is 2. The Morgan fingerprint density at radius 1 is 0.880 bits per heavy atom. The number of hydrogen-bond acceptors (Lipinski definition) is 6. The molecule has 2 heterocycles. The maximum Gasteiger partial charge on any atom is 0.190 e. The number of thioether (sulfide) groups is 1. The van der Waals surface area contributed by atoms with Gasteiger partial charge in [-0.25, -0.2) is 9.97 Å². The molecule has 5 aromatic rings. The third-order valence-corrected chi connectivity index (χ3v) is 6.77. The Bertz CT molecular complexity index is 1220. The van der Waals surface area contributed by atoms with Gasteiger partial charge < -0.3 is 5.32 Å². The molecular formula is C19H13N3S3. The van der Waals surface area contributed by atoms with Gasteiger partial charge in [0, 0.05) is 10.3 Å². The molecule has 0 fully saturated rings. The quantitative estimate of drug-likeness (QED) is 0.362. The van der Waals surface area contributed by atoms with E-state index in [2.05, 4.69) is 71.2 Å². The molecule has 0 aliphatic carbocycles. The van der Waals surface area contributed by atoms with Crippen LogP contribution in [0.5, 0.6) is 0 Å². The Morgan fingerprint density at radius 3 is 2.60 bits per heavy atom. The Morgan fingerprint density at radius 2 is 1.68 bits per heavy atom. The summed E-state index contributed by atoms with van der Waals surface area (Å²) in [6.07, 6.45) is 2.09. The molecule has 2 aromatic heterocycles. The van der Waals surface area contributed by atoms with E-state index >= 15 is 0 Å². The van der Waals surface area contributed by atoms with Crippen LogP contribution in [0.3, 0.4) is 0 Å². The Hall–Kier alpha value is -2.15. The molecule has 0 aliphatic rings. The van der Waals surface area contributed by atoms with Crippen LogP contribution in [0.4, 0.5) is 10.3 Å². The maximum absolute atomic E-state index is 4.73. The molecule has 25 heavy (non-hydrogen) atoms. The normalized spacial score (nSPS) is 11.6. The van der Waals surface area contributed by atoms with Gasteiger partial charge in [0.05, 0.1) is 20.4 Å². The van der Waals surface area contributed by atoms with Crippen molar-refractivity contribution in [2.45, 2.75) is 4.90 Å². The molecule has 0 saturated heterocycles. The highest BCUT2D eigenvalue weighted by atomic mass is 32.2. The number of aromatic nitrogens is 2. The monoisotopic (exact) mass is 379 g/mol. The van der Waals surface area contributed by atoms with Gasteiger partial charge in [-0.15, -0.1) is 11.8 Å². The van der Waals surface area contributed by atoms with Crippen molar-refractivity contribution in [3.05, 3.63) is 54.6 Å². The summed E-state index contributed by atoms with van der Waals surface area (Å²) in [5.41, 5.74) is 2.05. The first-order valence-electron chi connectivity index (χ1n) is 7.80. The van der Waals surface area contributed by atoms with Gasteiger partial charge in [0.1, 0.15) is 0 Å². The third kappa shape index (κ3) is 2.66. The van der Waals surface area contributed by atoms with Crippen molar-refractivity contribution in [2.24, 2.45) is 0 Å². The minimum Gasteiger partial charge on any atom is -0.307 e. The molecule has 0 radical (unpaired) electrons. The predicted octanol–water partition coefficient (Wildman–Crippen LogP) is 6.52. The number of anilines is 2. The lowest BCUT2D eigenvalue weighted by Crippen LogP contribution is -1.86. The zero-order valence-corrected chi connectivity index (χ0v) is 15.8. The smallest absolute Gasteiger partial charge is 0.190 e. The number of fused-ring (bicyclic) bond motifs is 4. The van der Waals surface area contributed by atoms with Crippen LogP contribution in [0, 0.1) is 0 Å². The van der Waals surface area contributed by atoms with Crippen molar-refractivity contribution < 1.29 is 0 Å². The van der Waals surface area contributed by atoms with Crippen LogP contribution in [-0.2, 0) is 0 Å². The standard InChI is InChI=1S/C19H13N3S3/c1-23-12-7-9-14-16(10-12)24-18(20-14)22-19-21-15-8-6-11-4-2-3-5-13(11)17(15)25-19/h2-10H,1H3,(H,20,21,22). The maximum atomic E-state index is 4.73. The first-order valence-corrected chi connectivity index (χ1v) is 10.7. The molecule has 1 N–H and O–H groups in total. The largest absolute Gasteiger partial charge is 0.307 e. The number of benzene rings is 3. The van der Waals surface area contributed by atoms with Gasteiger partial charge in [-0.3, -0.25) is 0 Å². The van der Waals surface area contributed by atoms with Gasteiger partial charge in [-0.05, 0) is 35.9 Å². The van der Waals surface area contributed by atoms with Crippen LogP contribution < -0.4 is 5.32 Å². The van der Waals surface area contributed by atoms with E-state index in [4.69, 9.17) is 4.98 Å². The molecule has 3 aromatic carbocycles. The number of hydrogen-bond donors (Lipinski definition) is 1. The molecule has 0 unspecified atom stereocenters. The van der Waals surface area contributed by atoms with Crippen LogP contribution in [0.25, 0.3) is 31.2 Å². The second-order valence-corrected chi connectivity index (χ2v) is 8.54. The van der Waals surface area contributed by atoms with E-state index in [0.717, 1.165) is 21.3 Å². The van der Waals surface area contributed by atoms with Gasteiger partial charge in [-0.2, -0.15) is 0 Å². The lowest BCUT2D eigenvalue weighted by molar-refractivity contribution is 1.40. The zero-order chi connectivity index (χ0) is 16.8. The van der Waals surface area contributed by atoms with Crippen molar-refractivity contribution in [1.29, 1.82) is 0 Å². The van der Waals surface area contributed by atoms with Crippen molar-refractivity contribution in [3.8, 4) is 0 Å². The van der Waals surface area contributed by atoms with Gasteiger partial charge in [0.2, 0.25) is 0 Å². The van der Waals surface area contributed by atoms with Gasteiger partial charge in [-0.1, -0.05) is 53.0 Å². The summed E-state index contributed by atoms with van der Waals surface area (Å²) in [4.78, 5) is 10.7. The van der Waals surface area contributed by atoms with E-state index in [1.165, 1.54) is 25.1 Å². The van der Waals surface area contributed by atoms with Crippen LogP contribution >= 0.6 is 34.4 Å². The number of nitrogens with zero attached hydrogens (tertiary/aromatic N) is 2. The minimum atomic E-state index is 0.885. The van der Waals surface area contributed by atoms with E-state index in [1.54, 1.807) is 34.4 Å². The summed E-state index contributed by atoms with van der Waals surface area (Å²) in [5.74, 6) is 0. The topological polar surface area (TPSA) is 37.8 Å². The van der Waals surface area contributed by atoms with E-state index in [1.807, 2.05) is 0 Å². The molecular weight excluding hydrogens is 366 g/mol. The summed E-state index contributed by atoms with van der Waals surface area (Å²) in [7, 11) is 0. The molecule has 0 bridgehead atoms. The molecule has 3 nitrogen and oxygen atoms in total. The van der Waals surface area contributed by atoms with E-state index in [0.29, 0.717) is 0 Å². The molecule has 0 aliphatic heterocycles. The molecule has 5 rings (SSSR count). The first kappa shape index (κ1) is 15.1. The molecule has 6 heteroatoms. The lowest BCUT2D eigenvalue weighted by atomic mass is 10.1. The Balaban J connectivity index is 1.56. The molecule has 0 saturated carbocycles. The van der Waals surface area contributed by atoms with Crippen LogP contribution in [0.1, 0.15) is 0 Å². The molecule has 0 spiro atoms. The second kappa shape index (κ2) is 5.98. The summed E-state index contributed by atoms with van der Waals surface area (Å²) < 4.78 is 2.41. The SMILES string of the molecule is CSc1ccc2nc(Nc3nc4ccc5ccccc5c4s3)sc2c1. The van der Waals surface area contributed by atoms with Crippen LogP contribution in [0.15, 0.2) is 59.5 Å². The molecule has 0 amide bonds. The molecule has 122 valence electrons. The predicted molar refractivity (Wildman–Crippen MR) is 112 cm³/mol. The van der Waals surface area contributed by atoms with Crippen molar-refractivity contribution in [1.82, 2.24) is 9.97 Å². The Labute approximate surface area is 156 Å². The first-order chi connectivity index (χ1) is 12.3. The average Bonchev–Trinajstić information content (AvgIpc) is 3.24. The highest BCUT2D eigenvalue weighted by molar-refractivity contribution is 7.98. The number of rotatable bonds is 3. The van der Waals surface area contributed by atoms with Crippen LogP contribution in [0.2, 0.25) is 0 Å². The number of nitrogens with one attached hydrogen (secondary N) is 1. The zero-order valence-electron chi connectivity index (χ0n) is 13.3. The second-order valence-electron chi connectivity index (χ2n) is 5.63. The third-order valence-electron chi connectivity index (χ3n) is 4.09. The fourth-order valence-corrected chi connectivity index (χ4v) is 5.37. The molecule has 0 atom stereocenters. The average molecular weight is 380 g/mol. The highest BCUT2D eigenvalue weighted by Crippen LogP contribution is 2.36.